The summed E-state index contributed by atoms with van der Waals surface area (Å²) in [6, 6.07) is 23.0. The van der Waals surface area contributed by atoms with E-state index >= 15 is 0 Å². The molecule has 0 atom stereocenters. The summed E-state index contributed by atoms with van der Waals surface area (Å²) in [7, 11) is 0. The van der Waals surface area contributed by atoms with Crippen molar-refractivity contribution in [3.05, 3.63) is 108 Å². The number of benzene rings is 3. The van der Waals surface area contributed by atoms with Gasteiger partial charge in [-0.2, -0.15) is 0 Å². The maximum atomic E-state index is 11.0. The molecule has 0 aromatic heterocycles. The Morgan fingerprint density at radius 3 is 2.37 bits per heavy atom. The average Bonchev–Trinajstić information content (AvgIpc) is 2.78. The van der Waals surface area contributed by atoms with Gasteiger partial charge in [0, 0.05) is 0 Å². The van der Waals surface area contributed by atoms with Crippen molar-refractivity contribution in [1.29, 1.82) is 0 Å². The number of carboxylic acids is 1. The molecule has 4 heteroatoms. The molecule has 3 aromatic rings. The lowest BCUT2D eigenvalue weighted by molar-refractivity contribution is 0.0697. The van der Waals surface area contributed by atoms with Crippen molar-refractivity contribution in [3.8, 4) is 11.5 Å². The fourth-order valence-electron chi connectivity index (χ4n) is 3.17. The fraction of sp³-hybridized carbons (Fsp3) is 0.192. The Balaban J connectivity index is 1.66. The Labute approximate surface area is 177 Å². The number of aryl methyl sites for hydroxylation is 2. The average molecular weight is 402 g/mol. The topological polar surface area (TPSA) is 55.8 Å². The van der Waals surface area contributed by atoms with E-state index in [-0.39, 0.29) is 0 Å². The molecule has 0 aliphatic heterocycles. The zero-order valence-electron chi connectivity index (χ0n) is 16.9. The van der Waals surface area contributed by atoms with Gasteiger partial charge in [0.25, 0.3) is 0 Å². The van der Waals surface area contributed by atoms with Crippen LogP contribution in [0.1, 0.15) is 33.5 Å². The van der Waals surface area contributed by atoms with Crippen LogP contribution >= 0.6 is 0 Å². The van der Waals surface area contributed by atoms with Gasteiger partial charge in [-0.25, -0.2) is 4.79 Å². The van der Waals surface area contributed by atoms with Gasteiger partial charge < -0.3 is 14.6 Å². The SMILES string of the molecule is C=CCOc1ccc(OCc2ccccc2)c(CCCc2ccc(C(=O)O)cc2)c1. The molecule has 0 aliphatic carbocycles. The maximum absolute atomic E-state index is 11.0. The summed E-state index contributed by atoms with van der Waals surface area (Å²) in [5.74, 6) is 0.742. The highest BCUT2D eigenvalue weighted by Crippen LogP contribution is 2.27. The molecule has 0 saturated heterocycles. The Morgan fingerprint density at radius 1 is 0.900 bits per heavy atom. The van der Waals surface area contributed by atoms with Crippen LogP contribution in [0.3, 0.4) is 0 Å². The lowest BCUT2D eigenvalue weighted by Crippen LogP contribution is -2.01. The molecular weight excluding hydrogens is 376 g/mol. The first kappa shape index (κ1) is 21.2. The Bertz CT molecular complexity index is 962. The normalized spacial score (nSPS) is 10.4. The number of ether oxygens (including phenoxy) is 2. The number of hydrogen-bond donors (Lipinski definition) is 1. The molecule has 0 radical (unpaired) electrons. The van der Waals surface area contributed by atoms with Crippen LogP contribution < -0.4 is 9.47 Å². The third-order valence-electron chi connectivity index (χ3n) is 4.75. The molecule has 0 spiro atoms. The van der Waals surface area contributed by atoms with Crippen LogP contribution in [0.15, 0.2) is 85.5 Å². The molecule has 0 heterocycles. The Hall–Kier alpha value is -3.53. The molecule has 154 valence electrons. The van der Waals surface area contributed by atoms with E-state index in [1.54, 1.807) is 18.2 Å². The minimum atomic E-state index is -0.905. The first-order valence-electron chi connectivity index (χ1n) is 10.0. The lowest BCUT2D eigenvalue weighted by atomic mass is 10.0. The largest absolute Gasteiger partial charge is 0.490 e. The lowest BCUT2D eigenvalue weighted by Gasteiger charge is -2.14. The van der Waals surface area contributed by atoms with Crippen LogP contribution in [0.2, 0.25) is 0 Å². The highest BCUT2D eigenvalue weighted by atomic mass is 16.5. The second-order valence-electron chi connectivity index (χ2n) is 7.00. The van der Waals surface area contributed by atoms with Gasteiger partial charge in [0.1, 0.15) is 24.7 Å². The smallest absolute Gasteiger partial charge is 0.335 e. The van der Waals surface area contributed by atoms with E-state index in [2.05, 4.69) is 6.58 Å². The van der Waals surface area contributed by atoms with Gasteiger partial charge in [0.2, 0.25) is 0 Å². The van der Waals surface area contributed by atoms with Gasteiger partial charge >= 0.3 is 5.97 Å². The fourth-order valence-corrected chi connectivity index (χ4v) is 3.17. The zero-order valence-corrected chi connectivity index (χ0v) is 16.9. The Morgan fingerprint density at radius 2 is 1.67 bits per heavy atom. The molecule has 0 aliphatic rings. The Kier molecular flexibility index (Phi) is 7.67. The third-order valence-corrected chi connectivity index (χ3v) is 4.75. The summed E-state index contributed by atoms with van der Waals surface area (Å²) in [4.78, 5) is 11.0. The van der Waals surface area contributed by atoms with Crippen molar-refractivity contribution in [3.63, 3.8) is 0 Å². The highest BCUT2D eigenvalue weighted by molar-refractivity contribution is 5.87. The van der Waals surface area contributed by atoms with Crippen molar-refractivity contribution in [2.75, 3.05) is 6.61 Å². The van der Waals surface area contributed by atoms with E-state index < -0.39 is 5.97 Å². The standard InChI is InChI=1S/C26H26O4/c1-2-17-29-24-15-16-25(30-19-21-7-4-3-5-8-21)23(18-24)10-6-9-20-11-13-22(14-12-20)26(27)28/h2-5,7-8,11-16,18H,1,6,9-10,17,19H2,(H,27,28). The van der Waals surface area contributed by atoms with Gasteiger partial charge in [-0.1, -0.05) is 55.1 Å². The van der Waals surface area contributed by atoms with Gasteiger partial charge in [-0.05, 0) is 66.3 Å². The third kappa shape index (κ3) is 6.24. The van der Waals surface area contributed by atoms with Gasteiger partial charge in [-0.3, -0.25) is 0 Å². The quantitative estimate of drug-likeness (QED) is 0.418. The number of carboxylic acid groups (broad SMARTS) is 1. The van der Waals surface area contributed by atoms with Gasteiger partial charge in [0.15, 0.2) is 0 Å². The molecule has 0 bridgehead atoms. The van der Waals surface area contributed by atoms with E-state index in [1.807, 2.05) is 60.7 Å². The van der Waals surface area contributed by atoms with Crippen molar-refractivity contribution >= 4 is 5.97 Å². The first-order valence-corrected chi connectivity index (χ1v) is 10.0. The van der Waals surface area contributed by atoms with Crippen molar-refractivity contribution < 1.29 is 19.4 Å². The summed E-state index contributed by atoms with van der Waals surface area (Å²) in [6.07, 6.45) is 4.32. The van der Waals surface area contributed by atoms with Crippen LogP contribution in [0.4, 0.5) is 0 Å². The zero-order chi connectivity index (χ0) is 21.2. The maximum Gasteiger partial charge on any atom is 0.335 e. The van der Waals surface area contributed by atoms with E-state index in [0.717, 1.165) is 47.5 Å². The van der Waals surface area contributed by atoms with E-state index in [4.69, 9.17) is 14.6 Å². The molecule has 0 saturated carbocycles. The second-order valence-corrected chi connectivity index (χ2v) is 7.00. The predicted molar refractivity (Wildman–Crippen MR) is 118 cm³/mol. The minimum Gasteiger partial charge on any atom is -0.490 e. The number of aromatic carboxylic acids is 1. The second kappa shape index (κ2) is 10.9. The molecule has 4 nitrogen and oxygen atoms in total. The summed E-state index contributed by atoms with van der Waals surface area (Å²) in [5.41, 5.74) is 3.64. The van der Waals surface area contributed by atoms with Crippen LogP contribution in [0.25, 0.3) is 0 Å². The number of hydrogen-bond acceptors (Lipinski definition) is 3. The summed E-state index contributed by atoms with van der Waals surface area (Å²) >= 11 is 0. The summed E-state index contributed by atoms with van der Waals surface area (Å²) in [5, 5.41) is 9.02. The van der Waals surface area contributed by atoms with E-state index in [1.165, 1.54) is 0 Å². The summed E-state index contributed by atoms with van der Waals surface area (Å²) < 4.78 is 11.8. The first-order chi connectivity index (χ1) is 14.7. The molecule has 1 N–H and O–H groups in total. The van der Waals surface area contributed by atoms with Crippen molar-refractivity contribution in [1.82, 2.24) is 0 Å². The van der Waals surface area contributed by atoms with Crippen molar-refractivity contribution in [2.24, 2.45) is 0 Å². The molecule has 0 unspecified atom stereocenters. The summed E-state index contributed by atoms with van der Waals surface area (Å²) in [6.45, 7) is 4.66. The van der Waals surface area contributed by atoms with E-state index in [0.29, 0.717) is 18.8 Å². The molecule has 3 rings (SSSR count). The number of rotatable bonds is 11. The van der Waals surface area contributed by atoms with Crippen LogP contribution in [0, 0.1) is 0 Å². The molecular formula is C26H26O4. The van der Waals surface area contributed by atoms with Gasteiger partial charge in [-0.15, -0.1) is 0 Å². The molecule has 3 aromatic carbocycles. The van der Waals surface area contributed by atoms with Gasteiger partial charge in [0.05, 0.1) is 5.56 Å². The molecule has 0 amide bonds. The molecule has 30 heavy (non-hydrogen) atoms. The monoisotopic (exact) mass is 402 g/mol. The van der Waals surface area contributed by atoms with Crippen molar-refractivity contribution in [2.45, 2.75) is 25.9 Å². The highest BCUT2D eigenvalue weighted by Gasteiger charge is 2.08. The van der Waals surface area contributed by atoms with E-state index in [9.17, 15) is 4.79 Å². The number of carbonyl (C=O) groups is 1. The van der Waals surface area contributed by atoms with Crippen LogP contribution in [-0.4, -0.2) is 17.7 Å². The predicted octanol–water partition coefficient (Wildman–Crippen LogP) is 5.70. The van der Waals surface area contributed by atoms with Crippen LogP contribution in [-0.2, 0) is 19.4 Å². The van der Waals surface area contributed by atoms with Crippen LogP contribution in [0.5, 0.6) is 11.5 Å². The molecule has 0 fully saturated rings. The minimum absolute atomic E-state index is 0.308.